The van der Waals surface area contributed by atoms with E-state index in [-0.39, 0.29) is 17.2 Å². The van der Waals surface area contributed by atoms with Gasteiger partial charge >= 0.3 is 5.97 Å². The number of anilines is 1. The summed E-state index contributed by atoms with van der Waals surface area (Å²) in [5, 5.41) is 5.72. The van der Waals surface area contributed by atoms with Crippen LogP contribution in [0, 0.1) is 0 Å². The Morgan fingerprint density at radius 1 is 1.13 bits per heavy atom. The first-order valence-corrected chi connectivity index (χ1v) is 14.3. The molecule has 38 heavy (non-hydrogen) atoms. The average Bonchev–Trinajstić information content (AvgIpc) is 3.45. The molecule has 2 aromatic rings. The summed E-state index contributed by atoms with van der Waals surface area (Å²) in [7, 11) is 2.91. The monoisotopic (exact) mass is 556 g/mol. The van der Waals surface area contributed by atoms with Gasteiger partial charge in [0.15, 0.2) is 0 Å². The van der Waals surface area contributed by atoms with Gasteiger partial charge in [0.05, 0.1) is 31.0 Å². The lowest BCUT2D eigenvalue weighted by atomic mass is 9.95. The zero-order valence-electron chi connectivity index (χ0n) is 21.7. The molecular weight excluding hydrogens is 524 g/mol. The highest BCUT2D eigenvalue weighted by molar-refractivity contribution is 8.16. The number of aryl methyl sites for hydroxylation is 1. The average molecular weight is 557 g/mol. The van der Waals surface area contributed by atoms with E-state index in [1.54, 1.807) is 31.4 Å². The minimum Gasteiger partial charge on any atom is -0.497 e. The second kappa shape index (κ2) is 12.5. The summed E-state index contributed by atoms with van der Waals surface area (Å²) in [6.07, 6.45) is 5.40. The van der Waals surface area contributed by atoms with E-state index in [1.807, 2.05) is 6.92 Å². The van der Waals surface area contributed by atoms with E-state index < -0.39 is 17.1 Å². The molecule has 1 aliphatic carbocycles. The lowest BCUT2D eigenvalue weighted by molar-refractivity contribution is -0.117. The number of fused-ring (bicyclic) bond motifs is 1. The van der Waals surface area contributed by atoms with E-state index in [0.29, 0.717) is 33.6 Å². The molecule has 9 nitrogen and oxygen atoms in total. The van der Waals surface area contributed by atoms with Crippen molar-refractivity contribution in [2.24, 2.45) is 10.7 Å². The number of benzene rings is 1. The standard InChI is InChI=1S/C27H32N4O5S2/c1-4-5-14-29-23(32)20-21(28)22(38-26(20)30-15-10-12-16(35-2)13-11-15)24(33)31-25-19(27(34)36-3)17-8-6-7-9-18(17)37-25/h10-13,22H,4-9,14,28H2,1-3H3,(H,29,32)(H,31,33)/t22-/m1/s1. The third-order valence-electron chi connectivity index (χ3n) is 6.40. The molecule has 0 bridgehead atoms. The van der Waals surface area contributed by atoms with Crippen LogP contribution in [0.2, 0.25) is 0 Å². The first-order valence-electron chi connectivity index (χ1n) is 12.6. The van der Waals surface area contributed by atoms with Crippen LogP contribution in [-0.2, 0) is 27.2 Å². The topological polar surface area (TPSA) is 132 Å². The Morgan fingerprint density at radius 3 is 2.55 bits per heavy atom. The summed E-state index contributed by atoms with van der Waals surface area (Å²) in [5.74, 6) is -0.583. The molecule has 0 spiro atoms. The molecule has 1 aromatic carbocycles. The van der Waals surface area contributed by atoms with Gasteiger partial charge in [-0.05, 0) is 61.9 Å². The molecule has 0 fully saturated rings. The largest absolute Gasteiger partial charge is 0.497 e. The zero-order chi connectivity index (χ0) is 27.2. The molecule has 4 N–H and O–H groups in total. The summed E-state index contributed by atoms with van der Waals surface area (Å²) in [5.41, 5.74) is 8.73. The van der Waals surface area contributed by atoms with Crippen molar-refractivity contribution in [1.29, 1.82) is 0 Å². The van der Waals surface area contributed by atoms with E-state index in [4.69, 9.17) is 15.2 Å². The van der Waals surface area contributed by atoms with Gasteiger partial charge in [-0.15, -0.1) is 11.3 Å². The molecule has 0 saturated carbocycles. The van der Waals surface area contributed by atoms with Crippen LogP contribution in [0.15, 0.2) is 40.5 Å². The molecule has 1 aliphatic heterocycles. The predicted octanol–water partition coefficient (Wildman–Crippen LogP) is 4.34. The van der Waals surface area contributed by atoms with Gasteiger partial charge in [-0.25, -0.2) is 9.79 Å². The number of unbranched alkanes of at least 4 members (excludes halogenated alkanes) is 1. The fourth-order valence-electron chi connectivity index (χ4n) is 4.38. The van der Waals surface area contributed by atoms with Crippen LogP contribution in [0.1, 0.15) is 53.4 Å². The maximum Gasteiger partial charge on any atom is 0.341 e. The summed E-state index contributed by atoms with van der Waals surface area (Å²) in [6, 6.07) is 7.07. The number of nitrogens with zero attached hydrogens (tertiary/aromatic N) is 1. The molecule has 0 unspecified atom stereocenters. The number of nitrogens with two attached hydrogens (primary N) is 1. The number of esters is 1. The Bertz CT molecular complexity index is 1280. The Morgan fingerprint density at radius 2 is 1.87 bits per heavy atom. The summed E-state index contributed by atoms with van der Waals surface area (Å²) >= 11 is 2.52. The number of nitrogens with one attached hydrogen (secondary N) is 2. The van der Waals surface area contributed by atoms with Gasteiger partial charge in [-0.3, -0.25) is 9.59 Å². The molecule has 1 atom stereocenters. The molecule has 2 heterocycles. The Hall–Kier alpha value is -3.31. The summed E-state index contributed by atoms with van der Waals surface area (Å²) < 4.78 is 10.2. The number of hydrogen-bond donors (Lipinski definition) is 3. The number of ether oxygens (including phenoxy) is 2. The smallest absolute Gasteiger partial charge is 0.341 e. The number of aliphatic imine (C=N–C) groups is 1. The van der Waals surface area contributed by atoms with Crippen molar-refractivity contribution >= 4 is 56.6 Å². The molecule has 2 aliphatic rings. The number of hydrogen-bond acceptors (Lipinski definition) is 9. The van der Waals surface area contributed by atoms with E-state index in [1.165, 1.54) is 18.4 Å². The molecule has 202 valence electrons. The van der Waals surface area contributed by atoms with Gasteiger partial charge in [0.2, 0.25) is 5.91 Å². The Balaban J connectivity index is 1.64. The number of carbonyl (C=O) groups is 3. The van der Waals surface area contributed by atoms with Crippen LogP contribution < -0.4 is 21.1 Å². The molecule has 0 radical (unpaired) electrons. The SMILES string of the molecule is CCCCNC(=O)C1=C(N)[C@H](C(=O)Nc2sc3c(c2C(=O)OC)CCCC3)SC1=Nc1ccc(OC)cc1. The van der Waals surface area contributed by atoms with Crippen molar-refractivity contribution in [3.05, 3.63) is 51.5 Å². The highest BCUT2D eigenvalue weighted by atomic mass is 32.2. The molecular formula is C27H32N4O5S2. The van der Waals surface area contributed by atoms with Crippen molar-refractivity contribution in [2.45, 2.75) is 50.7 Å². The third kappa shape index (κ3) is 5.88. The highest BCUT2D eigenvalue weighted by Crippen LogP contribution is 2.40. The predicted molar refractivity (Wildman–Crippen MR) is 152 cm³/mol. The van der Waals surface area contributed by atoms with Crippen LogP contribution >= 0.6 is 23.1 Å². The van der Waals surface area contributed by atoms with Gasteiger partial charge in [0, 0.05) is 17.1 Å². The fourth-order valence-corrected chi connectivity index (χ4v) is 6.79. The van der Waals surface area contributed by atoms with Gasteiger partial charge in [0.1, 0.15) is 21.0 Å². The number of carbonyl (C=O) groups excluding carboxylic acids is 3. The quantitative estimate of drug-likeness (QED) is 0.309. The van der Waals surface area contributed by atoms with Gasteiger partial charge in [-0.1, -0.05) is 25.1 Å². The highest BCUT2D eigenvalue weighted by Gasteiger charge is 2.39. The zero-order valence-corrected chi connectivity index (χ0v) is 23.4. The van der Waals surface area contributed by atoms with Crippen LogP contribution in [0.25, 0.3) is 0 Å². The Labute approximate surface area is 230 Å². The van der Waals surface area contributed by atoms with E-state index in [0.717, 1.165) is 60.7 Å². The fraction of sp³-hybridized carbons (Fsp3) is 0.407. The number of thioether (sulfide) groups is 1. The van der Waals surface area contributed by atoms with Crippen LogP contribution in [0.4, 0.5) is 10.7 Å². The van der Waals surface area contributed by atoms with Crippen molar-refractivity contribution in [3.63, 3.8) is 0 Å². The third-order valence-corrected chi connectivity index (χ3v) is 8.83. The second-order valence-corrected chi connectivity index (χ2v) is 11.1. The number of amides is 2. The van der Waals surface area contributed by atoms with Crippen molar-refractivity contribution in [2.75, 3.05) is 26.1 Å². The van der Waals surface area contributed by atoms with Crippen LogP contribution in [-0.4, -0.2) is 48.8 Å². The number of thiophene rings is 1. The molecule has 11 heteroatoms. The molecule has 0 saturated heterocycles. The number of methoxy groups -OCH3 is 2. The maximum atomic E-state index is 13.5. The van der Waals surface area contributed by atoms with Crippen molar-refractivity contribution < 1.29 is 23.9 Å². The normalized spacial score (nSPS) is 17.8. The number of rotatable bonds is 9. The maximum absolute atomic E-state index is 13.5. The summed E-state index contributed by atoms with van der Waals surface area (Å²) in [4.78, 5) is 45.0. The minimum absolute atomic E-state index is 0.134. The van der Waals surface area contributed by atoms with Crippen LogP contribution in [0.3, 0.4) is 0 Å². The molecule has 4 rings (SSSR count). The van der Waals surface area contributed by atoms with Gasteiger partial charge < -0.3 is 25.8 Å². The lowest BCUT2D eigenvalue weighted by Crippen LogP contribution is -2.32. The molecule has 1 aromatic heterocycles. The van der Waals surface area contributed by atoms with Crippen molar-refractivity contribution in [1.82, 2.24) is 5.32 Å². The lowest BCUT2D eigenvalue weighted by Gasteiger charge is -2.13. The van der Waals surface area contributed by atoms with Crippen LogP contribution in [0.5, 0.6) is 5.75 Å². The molecule has 2 amide bonds. The van der Waals surface area contributed by atoms with E-state index >= 15 is 0 Å². The Kier molecular flexibility index (Phi) is 9.11. The first kappa shape index (κ1) is 27.7. The van der Waals surface area contributed by atoms with E-state index in [9.17, 15) is 14.4 Å². The first-order chi connectivity index (χ1) is 18.4. The van der Waals surface area contributed by atoms with Gasteiger partial charge in [-0.2, -0.15) is 0 Å². The minimum atomic E-state index is -0.886. The second-order valence-electron chi connectivity index (χ2n) is 8.95. The summed E-state index contributed by atoms with van der Waals surface area (Å²) in [6.45, 7) is 2.53. The van der Waals surface area contributed by atoms with E-state index in [2.05, 4.69) is 15.6 Å². The van der Waals surface area contributed by atoms with Gasteiger partial charge in [0.25, 0.3) is 5.91 Å². The van der Waals surface area contributed by atoms with Crippen molar-refractivity contribution in [3.8, 4) is 5.75 Å².